The van der Waals surface area contributed by atoms with Gasteiger partial charge in [0.05, 0.1) is 0 Å². The SMILES string of the molecule is Cc1cc(O)ccc1C(=O)N(C)C1CCCN(C)C1. The number of aromatic hydroxyl groups is 1. The smallest absolute Gasteiger partial charge is 0.254 e. The van der Waals surface area contributed by atoms with Gasteiger partial charge >= 0.3 is 0 Å². The van der Waals surface area contributed by atoms with Gasteiger partial charge in [-0.15, -0.1) is 0 Å². The van der Waals surface area contributed by atoms with Gasteiger partial charge in [0.25, 0.3) is 5.91 Å². The molecule has 1 fully saturated rings. The van der Waals surface area contributed by atoms with E-state index in [0.717, 1.165) is 31.5 Å². The summed E-state index contributed by atoms with van der Waals surface area (Å²) in [7, 11) is 3.97. The average Bonchev–Trinajstić information content (AvgIpc) is 2.37. The van der Waals surface area contributed by atoms with Gasteiger partial charge < -0.3 is 14.9 Å². The summed E-state index contributed by atoms with van der Waals surface area (Å²) in [6.45, 7) is 3.89. The molecule has 1 heterocycles. The first-order valence-electron chi connectivity index (χ1n) is 6.74. The third kappa shape index (κ3) is 3.07. The molecule has 0 radical (unpaired) electrons. The molecule has 1 N–H and O–H groups in total. The number of likely N-dealkylation sites (N-methyl/N-ethyl adjacent to an activating group) is 2. The Balaban J connectivity index is 2.14. The zero-order valence-electron chi connectivity index (χ0n) is 11.9. The number of carbonyl (C=O) groups is 1. The Morgan fingerprint density at radius 2 is 2.21 bits per heavy atom. The number of carbonyl (C=O) groups excluding carboxylic acids is 1. The van der Waals surface area contributed by atoms with Crippen molar-refractivity contribution in [3.63, 3.8) is 0 Å². The van der Waals surface area contributed by atoms with Crippen molar-refractivity contribution >= 4 is 5.91 Å². The number of nitrogens with zero attached hydrogens (tertiary/aromatic N) is 2. The lowest BCUT2D eigenvalue weighted by Gasteiger charge is -2.36. The molecule has 0 saturated carbocycles. The van der Waals surface area contributed by atoms with Gasteiger partial charge in [-0.25, -0.2) is 0 Å². The fraction of sp³-hybridized carbons (Fsp3) is 0.533. The Kier molecular flexibility index (Phi) is 4.10. The number of aryl methyl sites for hydroxylation is 1. The van der Waals surface area contributed by atoms with Crippen LogP contribution >= 0.6 is 0 Å². The topological polar surface area (TPSA) is 43.8 Å². The highest BCUT2D eigenvalue weighted by atomic mass is 16.3. The molecule has 1 amide bonds. The zero-order valence-corrected chi connectivity index (χ0v) is 11.9. The van der Waals surface area contributed by atoms with Crippen LogP contribution in [0.5, 0.6) is 5.75 Å². The predicted molar refractivity (Wildman–Crippen MR) is 75.5 cm³/mol. The minimum absolute atomic E-state index is 0.0396. The van der Waals surface area contributed by atoms with Crippen molar-refractivity contribution in [2.45, 2.75) is 25.8 Å². The van der Waals surface area contributed by atoms with Crippen molar-refractivity contribution in [1.29, 1.82) is 0 Å². The summed E-state index contributed by atoms with van der Waals surface area (Å²) in [5.74, 6) is 0.243. The Labute approximate surface area is 114 Å². The standard InChI is InChI=1S/C15H22N2O2/c1-11-9-13(18)6-7-14(11)15(19)17(3)12-5-4-8-16(2)10-12/h6-7,9,12,18H,4-5,8,10H2,1-3H3. The molecule has 1 aromatic carbocycles. The minimum Gasteiger partial charge on any atom is -0.508 e. The molecular formula is C15H22N2O2. The van der Waals surface area contributed by atoms with E-state index in [1.165, 1.54) is 0 Å². The van der Waals surface area contributed by atoms with E-state index in [1.54, 1.807) is 18.2 Å². The van der Waals surface area contributed by atoms with E-state index in [1.807, 2.05) is 18.9 Å². The van der Waals surface area contributed by atoms with Crippen molar-refractivity contribution in [3.05, 3.63) is 29.3 Å². The zero-order chi connectivity index (χ0) is 14.0. The van der Waals surface area contributed by atoms with Crippen LogP contribution in [-0.4, -0.2) is 54.0 Å². The van der Waals surface area contributed by atoms with Crippen molar-refractivity contribution in [3.8, 4) is 5.75 Å². The molecule has 1 saturated heterocycles. The fourth-order valence-corrected chi connectivity index (χ4v) is 2.70. The van der Waals surface area contributed by atoms with Crippen LogP contribution in [0.15, 0.2) is 18.2 Å². The van der Waals surface area contributed by atoms with E-state index in [-0.39, 0.29) is 17.7 Å². The summed E-state index contributed by atoms with van der Waals surface area (Å²) >= 11 is 0. The molecule has 1 unspecified atom stereocenters. The molecule has 0 aromatic heterocycles. The molecule has 19 heavy (non-hydrogen) atoms. The normalized spacial score (nSPS) is 20.3. The maximum Gasteiger partial charge on any atom is 0.254 e. The number of hydrogen-bond donors (Lipinski definition) is 1. The van der Waals surface area contributed by atoms with Gasteiger partial charge in [-0.3, -0.25) is 4.79 Å². The maximum absolute atomic E-state index is 12.5. The summed E-state index contributed by atoms with van der Waals surface area (Å²) in [6.07, 6.45) is 2.19. The summed E-state index contributed by atoms with van der Waals surface area (Å²) in [5, 5.41) is 9.41. The highest BCUT2D eigenvalue weighted by Gasteiger charge is 2.25. The summed E-state index contributed by atoms with van der Waals surface area (Å²) in [6, 6.07) is 5.19. The van der Waals surface area contributed by atoms with E-state index in [4.69, 9.17) is 0 Å². The highest BCUT2D eigenvalue weighted by molar-refractivity contribution is 5.95. The molecule has 0 spiro atoms. The second-order valence-corrected chi connectivity index (χ2v) is 5.47. The van der Waals surface area contributed by atoms with Crippen molar-refractivity contribution < 1.29 is 9.90 Å². The van der Waals surface area contributed by atoms with E-state index in [9.17, 15) is 9.90 Å². The van der Waals surface area contributed by atoms with Crippen LogP contribution in [0.3, 0.4) is 0 Å². The van der Waals surface area contributed by atoms with Gasteiger partial charge in [0.2, 0.25) is 0 Å². The van der Waals surface area contributed by atoms with Crippen molar-refractivity contribution in [1.82, 2.24) is 9.80 Å². The molecule has 1 aliphatic heterocycles. The van der Waals surface area contributed by atoms with Crippen molar-refractivity contribution in [2.75, 3.05) is 27.2 Å². The summed E-state index contributed by atoms with van der Waals surface area (Å²) in [4.78, 5) is 16.6. The Morgan fingerprint density at radius 3 is 2.84 bits per heavy atom. The number of hydrogen-bond acceptors (Lipinski definition) is 3. The quantitative estimate of drug-likeness (QED) is 0.885. The average molecular weight is 262 g/mol. The van der Waals surface area contributed by atoms with E-state index in [0.29, 0.717) is 5.56 Å². The van der Waals surface area contributed by atoms with Crippen LogP contribution in [-0.2, 0) is 0 Å². The second-order valence-electron chi connectivity index (χ2n) is 5.47. The predicted octanol–water partition coefficient (Wildman–Crippen LogP) is 1.87. The van der Waals surface area contributed by atoms with Gasteiger partial charge in [-0.2, -0.15) is 0 Å². The molecule has 4 nitrogen and oxygen atoms in total. The van der Waals surface area contributed by atoms with Crippen molar-refractivity contribution in [2.24, 2.45) is 0 Å². The van der Waals surface area contributed by atoms with Gasteiger partial charge in [-0.1, -0.05) is 0 Å². The first-order valence-corrected chi connectivity index (χ1v) is 6.74. The molecule has 1 atom stereocenters. The number of phenols is 1. The molecule has 1 aliphatic rings. The van der Waals surface area contributed by atoms with Gasteiger partial charge in [0, 0.05) is 25.2 Å². The number of likely N-dealkylation sites (tertiary alicyclic amines) is 1. The monoisotopic (exact) mass is 262 g/mol. The van der Waals surface area contributed by atoms with Crippen LogP contribution in [0.25, 0.3) is 0 Å². The third-order valence-corrected chi connectivity index (χ3v) is 3.91. The fourth-order valence-electron chi connectivity index (χ4n) is 2.70. The molecular weight excluding hydrogens is 240 g/mol. The van der Waals surface area contributed by atoms with Gasteiger partial charge in [0.1, 0.15) is 5.75 Å². The van der Waals surface area contributed by atoms with E-state index < -0.39 is 0 Å². The highest BCUT2D eigenvalue weighted by Crippen LogP contribution is 2.20. The third-order valence-electron chi connectivity index (χ3n) is 3.91. The number of amides is 1. The van der Waals surface area contributed by atoms with Crippen LogP contribution in [0.2, 0.25) is 0 Å². The number of benzene rings is 1. The summed E-state index contributed by atoms with van der Waals surface area (Å²) < 4.78 is 0. The minimum atomic E-state index is 0.0396. The molecule has 1 aromatic rings. The van der Waals surface area contributed by atoms with Crippen LogP contribution in [0.1, 0.15) is 28.8 Å². The number of piperidine rings is 1. The largest absolute Gasteiger partial charge is 0.508 e. The Hall–Kier alpha value is -1.55. The van der Waals surface area contributed by atoms with Gasteiger partial charge in [-0.05, 0) is 57.1 Å². The Bertz CT molecular complexity index is 473. The van der Waals surface area contributed by atoms with Gasteiger partial charge in [0.15, 0.2) is 0 Å². The van der Waals surface area contributed by atoms with E-state index in [2.05, 4.69) is 11.9 Å². The molecule has 2 rings (SSSR count). The Morgan fingerprint density at radius 1 is 1.47 bits per heavy atom. The molecule has 104 valence electrons. The first kappa shape index (κ1) is 13.9. The number of rotatable bonds is 2. The maximum atomic E-state index is 12.5. The molecule has 0 aliphatic carbocycles. The molecule has 4 heteroatoms. The molecule has 0 bridgehead atoms. The van der Waals surface area contributed by atoms with Crippen LogP contribution in [0.4, 0.5) is 0 Å². The van der Waals surface area contributed by atoms with Crippen LogP contribution in [0, 0.1) is 6.92 Å². The lowest BCUT2D eigenvalue weighted by Crippen LogP contribution is -2.47. The lowest BCUT2D eigenvalue weighted by atomic mass is 10.0. The second kappa shape index (κ2) is 5.61. The lowest BCUT2D eigenvalue weighted by molar-refractivity contribution is 0.0643. The first-order chi connectivity index (χ1) is 8.99. The summed E-state index contributed by atoms with van der Waals surface area (Å²) in [5.41, 5.74) is 1.49. The van der Waals surface area contributed by atoms with Crippen LogP contribution < -0.4 is 0 Å². The van der Waals surface area contributed by atoms with E-state index >= 15 is 0 Å². The number of phenolic OH excluding ortho intramolecular Hbond substituents is 1.